The lowest BCUT2D eigenvalue weighted by Crippen LogP contribution is -2.44. The lowest BCUT2D eigenvalue weighted by atomic mass is 10.0. The molecule has 2 atom stereocenters. The van der Waals surface area contributed by atoms with E-state index in [-0.39, 0.29) is 23.8 Å². The minimum absolute atomic E-state index is 0.0223. The maximum atomic E-state index is 12.6. The third-order valence-electron chi connectivity index (χ3n) is 3.76. The first-order valence-electron chi connectivity index (χ1n) is 7.40. The van der Waals surface area contributed by atoms with Crippen LogP contribution in [0.15, 0.2) is 18.2 Å². The first-order chi connectivity index (χ1) is 10.4. The molecule has 0 saturated carbocycles. The van der Waals surface area contributed by atoms with Crippen LogP contribution < -0.4 is 15.4 Å². The van der Waals surface area contributed by atoms with Crippen LogP contribution >= 0.6 is 0 Å². The number of likely N-dealkylation sites (N-methyl/N-ethyl adjacent to an activating group) is 1. The molecule has 2 rings (SSSR count). The van der Waals surface area contributed by atoms with Crippen LogP contribution in [0.2, 0.25) is 0 Å². The highest BCUT2D eigenvalue weighted by atomic mass is 16.5. The maximum Gasteiger partial charge on any atom is 0.257 e. The van der Waals surface area contributed by atoms with Crippen LogP contribution in [-0.2, 0) is 4.79 Å². The Bertz CT molecular complexity index is 574. The second-order valence-electron chi connectivity index (χ2n) is 5.77. The number of ether oxygens (including phenoxy) is 1. The van der Waals surface area contributed by atoms with Gasteiger partial charge in [-0.15, -0.1) is 0 Å². The van der Waals surface area contributed by atoms with E-state index in [1.165, 1.54) is 6.92 Å². The van der Waals surface area contributed by atoms with E-state index in [1.54, 1.807) is 30.1 Å². The fraction of sp³-hybridized carbons (Fsp3) is 0.500. The van der Waals surface area contributed by atoms with Gasteiger partial charge in [-0.05, 0) is 25.2 Å². The van der Waals surface area contributed by atoms with Crippen molar-refractivity contribution in [1.82, 2.24) is 10.2 Å². The van der Waals surface area contributed by atoms with Gasteiger partial charge in [0.15, 0.2) is 0 Å². The summed E-state index contributed by atoms with van der Waals surface area (Å²) in [7, 11) is 3.67. The van der Waals surface area contributed by atoms with Crippen molar-refractivity contribution < 1.29 is 14.3 Å². The first kappa shape index (κ1) is 16.3. The molecule has 0 bridgehead atoms. The predicted molar refractivity (Wildman–Crippen MR) is 85.2 cm³/mol. The van der Waals surface area contributed by atoms with E-state index in [4.69, 9.17) is 4.74 Å². The Kier molecular flexibility index (Phi) is 5.03. The third-order valence-corrected chi connectivity index (χ3v) is 3.76. The zero-order valence-corrected chi connectivity index (χ0v) is 13.5. The number of fused-ring (bicyclic) bond motifs is 1. The van der Waals surface area contributed by atoms with E-state index >= 15 is 0 Å². The van der Waals surface area contributed by atoms with E-state index in [2.05, 4.69) is 17.6 Å². The van der Waals surface area contributed by atoms with Gasteiger partial charge in [0, 0.05) is 38.7 Å². The normalized spacial score (nSPS) is 21.5. The van der Waals surface area contributed by atoms with Gasteiger partial charge in [-0.1, -0.05) is 6.92 Å². The van der Waals surface area contributed by atoms with Crippen LogP contribution in [0.4, 0.5) is 5.69 Å². The molecule has 2 amide bonds. The van der Waals surface area contributed by atoms with Gasteiger partial charge in [-0.2, -0.15) is 0 Å². The smallest absolute Gasteiger partial charge is 0.257 e. The Balaban J connectivity index is 2.39. The molecule has 0 aliphatic carbocycles. The molecule has 0 aromatic heterocycles. The molecule has 6 nitrogen and oxygen atoms in total. The van der Waals surface area contributed by atoms with E-state index in [9.17, 15) is 9.59 Å². The average molecular weight is 305 g/mol. The molecular formula is C16H23N3O3. The molecule has 1 aromatic rings. The standard InChI is InChI=1S/C16H23N3O3/c1-10-9-19(4)16(21)13-7-12(18-11(2)20)5-6-14(13)22-15(10)8-17-3/h5-7,10,15,17H,8-9H2,1-4H3,(H,18,20)/t10-,15+/m0/s1. The van der Waals surface area contributed by atoms with Crippen LogP contribution in [0.3, 0.4) is 0 Å². The van der Waals surface area contributed by atoms with Crippen LogP contribution in [0.25, 0.3) is 0 Å². The Labute approximate surface area is 130 Å². The van der Waals surface area contributed by atoms with Crippen molar-refractivity contribution in [3.8, 4) is 5.75 Å². The summed E-state index contributed by atoms with van der Waals surface area (Å²) in [6, 6.07) is 5.16. The quantitative estimate of drug-likeness (QED) is 0.884. The van der Waals surface area contributed by atoms with Crippen molar-refractivity contribution in [2.24, 2.45) is 5.92 Å². The van der Waals surface area contributed by atoms with Gasteiger partial charge in [0.2, 0.25) is 5.91 Å². The number of anilines is 1. The molecule has 0 radical (unpaired) electrons. The Hall–Kier alpha value is -2.08. The summed E-state index contributed by atoms with van der Waals surface area (Å²) in [6.45, 7) is 4.83. The minimum atomic E-state index is -0.172. The van der Waals surface area contributed by atoms with Gasteiger partial charge in [-0.25, -0.2) is 0 Å². The number of amides is 2. The topological polar surface area (TPSA) is 70.7 Å². The highest BCUT2D eigenvalue weighted by Crippen LogP contribution is 2.28. The second kappa shape index (κ2) is 6.79. The molecule has 1 aliphatic heterocycles. The number of benzene rings is 1. The molecule has 22 heavy (non-hydrogen) atoms. The fourth-order valence-electron chi connectivity index (χ4n) is 2.64. The highest BCUT2D eigenvalue weighted by Gasteiger charge is 2.28. The summed E-state index contributed by atoms with van der Waals surface area (Å²) in [6.07, 6.45) is -0.0223. The van der Waals surface area contributed by atoms with E-state index in [0.29, 0.717) is 30.1 Å². The Morgan fingerprint density at radius 3 is 2.82 bits per heavy atom. The molecule has 1 heterocycles. The van der Waals surface area contributed by atoms with Gasteiger partial charge in [0.05, 0.1) is 5.56 Å². The van der Waals surface area contributed by atoms with Crippen LogP contribution in [0.1, 0.15) is 24.2 Å². The molecule has 1 aromatic carbocycles. The molecule has 6 heteroatoms. The molecule has 0 spiro atoms. The first-order valence-corrected chi connectivity index (χ1v) is 7.40. The zero-order valence-electron chi connectivity index (χ0n) is 13.5. The Morgan fingerprint density at radius 2 is 2.18 bits per heavy atom. The minimum Gasteiger partial charge on any atom is -0.488 e. The molecule has 1 aliphatic rings. The summed E-state index contributed by atoms with van der Waals surface area (Å²) < 4.78 is 6.05. The molecule has 2 N–H and O–H groups in total. The average Bonchev–Trinajstić information content (AvgIpc) is 2.45. The number of rotatable bonds is 3. The maximum absolute atomic E-state index is 12.6. The monoisotopic (exact) mass is 305 g/mol. The number of hydrogen-bond donors (Lipinski definition) is 2. The summed E-state index contributed by atoms with van der Waals surface area (Å²) in [5.41, 5.74) is 1.07. The lowest BCUT2D eigenvalue weighted by Gasteiger charge is -2.32. The Morgan fingerprint density at radius 1 is 1.45 bits per heavy atom. The molecular weight excluding hydrogens is 282 g/mol. The van der Waals surface area contributed by atoms with Crippen molar-refractivity contribution in [1.29, 1.82) is 0 Å². The molecule has 0 fully saturated rings. The van der Waals surface area contributed by atoms with Crippen molar-refractivity contribution in [3.63, 3.8) is 0 Å². The van der Waals surface area contributed by atoms with Crippen LogP contribution in [0, 0.1) is 5.92 Å². The summed E-state index contributed by atoms with van der Waals surface area (Å²) in [5, 5.41) is 5.82. The van der Waals surface area contributed by atoms with E-state index < -0.39 is 0 Å². The highest BCUT2D eigenvalue weighted by molar-refractivity contribution is 5.99. The van der Waals surface area contributed by atoms with Gasteiger partial charge >= 0.3 is 0 Å². The van der Waals surface area contributed by atoms with Crippen molar-refractivity contribution in [3.05, 3.63) is 23.8 Å². The number of carbonyl (C=O) groups is 2. The number of nitrogens with zero attached hydrogens (tertiary/aromatic N) is 1. The van der Waals surface area contributed by atoms with Crippen molar-refractivity contribution >= 4 is 17.5 Å². The van der Waals surface area contributed by atoms with Gasteiger partial charge in [0.1, 0.15) is 11.9 Å². The van der Waals surface area contributed by atoms with Crippen LogP contribution in [-0.4, -0.2) is 50.0 Å². The molecule has 120 valence electrons. The van der Waals surface area contributed by atoms with Gasteiger partial charge in [0.25, 0.3) is 5.91 Å². The van der Waals surface area contributed by atoms with Crippen LogP contribution in [0.5, 0.6) is 5.75 Å². The largest absolute Gasteiger partial charge is 0.488 e. The van der Waals surface area contributed by atoms with Crippen molar-refractivity contribution in [2.75, 3.05) is 32.5 Å². The van der Waals surface area contributed by atoms with Crippen molar-refractivity contribution in [2.45, 2.75) is 20.0 Å². The summed E-state index contributed by atoms with van der Waals surface area (Å²) in [4.78, 5) is 25.4. The van der Waals surface area contributed by atoms with E-state index in [0.717, 1.165) is 0 Å². The SMILES string of the molecule is CNC[C@H]1Oc2ccc(NC(C)=O)cc2C(=O)N(C)C[C@@H]1C. The predicted octanol–water partition coefficient (Wildman–Crippen LogP) is 1.33. The third kappa shape index (κ3) is 3.57. The number of hydrogen-bond acceptors (Lipinski definition) is 4. The van der Waals surface area contributed by atoms with Gasteiger partial charge in [-0.3, -0.25) is 9.59 Å². The van der Waals surface area contributed by atoms with E-state index in [1.807, 2.05) is 7.05 Å². The lowest BCUT2D eigenvalue weighted by molar-refractivity contribution is -0.114. The second-order valence-corrected chi connectivity index (χ2v) is 5.77. The number of nitrogens with one attached hydrogen (secondary N) is 2. The number of carbonyl (C=O) groups excluding carboxylic acids is 2. The zero-order chi connectivity index (χ0) is 16.3. The molecule has 0 saturated heterocycles. The summed E-state index contributed by atoms with van der Waals surface area (Å²) >= 11 is 0. The fourth-order valence-corrected chi connectivity index (χ4v) is 2.64. The summed E-state index contributed by atoms with van der Waals surface area (Å²) in [5.74, 6) is 0.494. The molecule has 0 unspecified atom stereocenters. The van der Waals surface area contributed by atoms with Gasteiger partial charge < -0.3 is 20.3 Å².